The Bertz CT molecular complexity index is 382. The molecule has 2 rings (SSSR count). The van der Waals surface area contributed by atoms with Gasteiger partial charge >= 0.3 is 0 Å². The van der Waals surface area contributed by atoms with Gasteiger partial charge in [-0.2, -0.15) is 0 Å². The molecule has 0 aromatic carbocycles. The van der Waals surface area contributed by atoms with Crippen LogP contribution in [-0.2, 0) is 0 Å². The van der Waals surface area contributed by atoms with Gasteiger partial charge in [-0.1, -0.05) is 68.9 Å². The van der Waals surface area contributed by atoms with Gasteiger partial charge in [-0.05, 0) is 23.5 Å². The third-order valence-electron chi connectivity index (χ3n) is 2.53. The minimum absolute atomic E-state index is 0. The van der Waals surface area contributed by atoms with E-state index in [4.69, 9.17) is 0 Å². The zero-order valence-electron chi connectivity index (χ0n) is 15.5. The van der Waals surface area contributed by atoms with Crippen LogP contribution in [0.5, 0.6) is 0 Å². The highest BCUT2D eigenvalue weighted by Crippen LogP contribution is 2.10. The molecule has 0 spiro atoms. The third kappa shape index (κ3) is 13.6. The lowest BCUT2D eigenvalue weighted by molar-refractivity contribution is 0.812. The highest BCUT2D eigenvalue weighted by molar-refractivity contribution is 5.12. The molecular formula is C20H37N3. The Morgan fingerprint density at radius 1 is 0.739 bits per heavy atom. The van der Waals surface area contributed by atoms with Gasteiger partial charge in [0, 0.05) is 31.0 Å². The van der Waals surface area contributed by atoms with Crippen LogP contribution in [0.4, 0.5) is 0 Å². The van der Waals surface area contributed by atoms with Crippen LogP contribution in [0, 0.1) is 0 Å². The van der Waals surface area contributed by atoms with Crippen molar-refractivity contribution in [3.63, 3.8) is 0 Å². The molecule has 0 fully saturated rings. The second-order valence-electron chi connectivity index (χ2n) is 4.73. The fourth-order valence-corrected chi connectivity index (χ4v) is 1.33. The first-order valence-electron chi connectivity index (χ1n) is 8.27. The van der Waals surface area contributed by atoms with E-state index in [0.29, 0.717) is 11.8 Å². The summed E-state index contributed by atoms with van der Waals surface area (Å²) < 4.78 is 0. The minimum atomic E-state index is 0. The van der Waals surface area contributed by atoms with Gasteiger partial charge in [-0.15, -0.1) is 0 Å². The maximum absolute atomic E-state index is 4.12. The summed E-state index contributed by atoms with van der Waals surface area (Å²) in [5.74, 6) is 1.08. The summed E-state index contributed by atoms with van der Waals surface area (Å²) in [5, 5.41) is 0. The van der Waals surface area contributed by atoms with E-state index in [-0.39, 0.29) is 7.43 Å². The molecule has 132 valence electrons. The first-order chi connectivity index (χ1) is 10.6. The molecule has 0 unspecified atom stereocenters. The molecule has 0 N–H and O–H groups in total. The zero-order chi connectivity index (χ0) is 17.4. The summed E-state index contributed by atoms with van der Waals surface area (Å²) >= 11 is 0. The molecule has 2 aromatic rings. The average Bonchev–Trinajstić information content (AvgIpc) is 2.60. The van der Waals surface area contributed by atoms with Crippen LogP contribution in [0.2, 0.25) is 0 Å². The van der Waals surface area contributed by atoms with Crippen LogP contribution in [0.1, 0.15) is 85.9 Å². The van der Waals surface area contributed by atoms with E-state index in [1.54, 1.807) is 24.8 Å². The third-order valence-corrected chi connectivity index (χ3v) is 2.53. The molecule has 0 bridgehead atoms. The maximum Gasteiger partial charge on any atom is 0.0612 e. The Labute approximate surface area is 144 Å². The van der Waals surface area contributed by atoms with Gasteiger partial charge in [0.2, 0.25) is 0 Å². The molecule has 0 saturated heterocycles. The second kappa shape index (κ2) is 18.3. The largest absolute Gasteiger partial charge is 0.264 e. The van der Waals surface area contributed by atoms with Crippen molar-refractivity contribution in [2.45, 2.75) is 74.7 Å². The number of hydrogen-bond donors (Lipinski definition) is 0. The normalized spacial score (nSPS) is 8.43. The molecule has 0 radical (unpaired) electrons. The Morgan fingerprint density at radius 2 is 1.30 bits per heavy atom. The summed E-state index contributed by atoms with van der Waals surface area (Å²) in [7, 11) is 0. The van der Waals surface area contributed by atoms with Gasteiger partial charge in [0.25, 0.3) is 0 Å². The predicted molar refractivity (Wildman–Crippen MR) is 104 cm³/mol. The van der Waals surface area contributed by atoms with E-state index in [1.165, 1.54) is 5.56 Å². The standard InChI is InChI=1S/C8H11N.C7H10N2.2C2H6.CH4/c1-7(2)8-4-3-5-9-6-8;1-6(2)7-5-8-3-4-9-7;2*1-2;/h3-7H,1-2H3;3-6H,1-2H3;2*1-2H3;1H4. The van der Waals surface area contributed by atoms with Gasteiger partial charge in [0.15, 0.2) is 0 Å². The van der Waals surface area contributed by atoms with Crippen LogP contribution in [0.15, 0.2) is 43.1 Å². The summed E-state index contributed by atoms with van der Waals surface area (Å²) in [6.45, 7) is 16.5. The van der Waals surface area contributed by atoms with Crippen molar-refractivity contribution in [1.29, 1.82) is 0 Å². The predicted octanol–water partition coefficient (Wildman–Crippen LogP) is 6.49. The van der Waals surface area contributed by atoms with E-state index in [2.05, 4.69) is 48.7 Å². The number of rotatable bonds is 2. The van der Waals surface area contributed by atoms with Crippen molar-refractivity contribution >= 4 is 0 Å². The summed E-state index contributed by atoms with van der Waals surface area (Å²) in [5.41, 5.74) is 2.36. The smallest absolute Gasteiger partial charge is 0.0612 e. The first kappa shape index (κ1) is 26.1. The molecule has 0 atom stereocenters. The highest BCUT2D eigenvalue weighted by Gasteiger charge is 1.96. The SMILES string of the molecule is C.CC.CC.CC(C)c1cccnc1.CC(C)c1cnccn1. The molecule has 0 amide bonds. The second-order valence-corrected chi connectivity index (χ2v) is 4.73. The van der Waals surface area contributed by atoms with Gasteiger partial charge < -0.3 is 0 Å². The lowest BCUT2D eigenvalue weighted by Crippen LogP contribution is -1.91. The van der Waals surface area contributed by atoms with E-state index in [9.17, 15) is 0 Å². The number of aromatic nitrogens is 3. The Balaban J connectivity index is -0.000000276. The van der Waals surface area contributed by atoms with Crippen molar-refractivity contribution in [1.82, 2.24) is 15.0 Å². The van der Waals surface area contributed by atoms with Gasteiger partial charge in [0.05, 0.1) is 5.69 Å². The fraction of sp³-hybridized carbons (Fsp3) is 0.550. The molecule has 2 heterocycles. The zero-order valence-corrected chi connectivity index (χ0v) is 15.5. The van der Waals surface area contributed by atoms with Crippen molar-refractivity contribution in [3.8, 4) is 0 Å². The van der Waals surface area contributed by atoms with Gasteiger partial charge in [-0.25, -0.2) is 0 Å². The molecule has 0 saturated carbocycles. The van der Waals surface area contributed by atoms with E-state index in [1.807, 2.05) is 40.0 Å². The summed E-state index contributed by atoms with van der Waals surface area (Å²) in [6, 6.07) is 4.06. The summed E-state index contributed by atoms with van der Waals surface area (Å²) in [4.78, 5) is 12.1. The van der Waals surface area contributed by atoms with Crippen LogP contribution < -0.4 is 0 Å². The lowest BCUT2D eigenvalue weighted by atomic mass is 10.1. The topological polar surface area (TPSA) is 38.7 Å². The van der Waals surface area contributed by atoms with Gasteiger partial charge in [-0.3, -0.25) is 15.0 Å². The average molecular weight is 320 g/mol. The van der Waals surface area contributed by atoms with E-state index in [0.717, 1.165) is 5.69 Å². The van der Waals surface area contributed by atoms with Crippen LogP contribution in [0.25, 0.3) is 0 Å². The molecule has 0 aliphatic carbocycles. The molecule has 2 aromatic heterocycles. The Morgan fingerprint density at radius 3 is 1.57 bits per heavy atom. The Hall–Kier alpha value is -1.77. The molecular weight excluding hydrogens is 282 g/mol. The maximum atomic E-state index is 4.12. The van der Waals surface area contributed by atoms with Crippen molar-refractivity contribution in [2.24, 2.45) is 0 Å². The number of pyridine rings is 1. The van der Waals surface area contributed by atoms with E-state index >= 15 is 0 Å². The van der Waals surface area contributed by atoms with Crippen LogP contribution in [0.3, 0.4) is 0 Å². The monoisotopic (exact) mass is 319 g/mol. The number of hydrogen-bond acceptors (Lipinski definition) is 3. The minimum Gasteiger partial charge on any atom is -0.264 e. The highest BCUT2D eigenvalue weighted by atomic mass is 14.8. The Kier molecular flexibility index (Phi) is 20.8. The fourth-order valence-electron chi connectivity index (χ4n) is 1.33. The van der Waals surface area contributed by atoms with Crippen molar-refractivity contribution in [2.75, 3.05) is 0 Å². The lowest BCUT2D eigenvalue weighted by Gasteiger charge is -2.00. The quantitative estimate of drug-likeness (QED) is 0.634. The first-order valence-corrected chi connectivity index (χ1v) is 8.27. The van der Waals surface area contributed by atoms with Gasteiger partial charge in [0.1, 0.15) is 0 Å². The molecule has 23 heavy (non-hydrogen) atoms. The molecule has 0 aliphatic rings. The van der Waals surface area contributed by atoms with Crippen molar-refractivity contribution < 1.29 is 0 Å². The number of nitrogens with zero attached hydrogens (tertiary/aromatic N) is 3. The molecule has 0 aliphatic heterocycles. The molecule has 3 heteroatoms. The van der Waals surface area contributed by atoms with Crippen molar-refractivity contribution in [3.05, 3.63) is 54.4 Å². The van der Waals surface area contributed by atoms with Crippen LogP contribution >= 0.6 is 0 Å². The summed E-state index contributed by atoms with van der Waals surface area (Å²) in [6.07, 6.45) is 8.91. The van der Waals surface area contributed by atoms with Crippen LogP contribution in [-0.4, -0.2) is 15.0 Å². The van der Waals surface area contributed by atoms with E-state index < -0.39 is 0 Å². The molecule has 3 nitrogen and oxygen atoms in total.